The number of ether oxygens (including phenoxy) is 2. The molecule has 1 aromatic carbocycles. The van der Waals surface area contributed by atoms with Crippen LogP contribution in [-0.4, -0.2) is 36.1 Å². The highest BCUT2D eigenvalue weighted by Crippen LogP contribution is 2.18. The van der Waals surface area contributed by atoms with Gasteiger partial charge in [-0.25, -0.2) is 0 Å². The van der Waals surface area contributed by atoms with Gasteiger partial charge in [0.1, 0.15) is 0 Å². The lowest BCUT2D eigenvalue weighted by Crippen LogP contribution is -2.31. The van der Waals surface area contributed by atoms with E-state index in [4.69, 9.17) is 9.47 Å². The first-order chi connectivity index (χ1) is 12.9. The molecular weight excluding hydrogens is 336 g/mol. The Balaban J connectivity index is 2.45. The molecule has 0 radical (unpaired) electrons. The molecule has 0 fully saturated rings. The second-order valence-corrected chi connectivity index (χ2v) is 8.56. The highest BCUT2D eigenvalue weighted by molar-refractivity contribution is 5.15. The van der Waals surface area contributed by atoms with Gasteiger partial charge in [0, 0.05) is 6.61 Å². The van der Waals surface area contributed by atoms with Gasteiger partial charge in [-0.1, -0.05) is 69.4 Å². The number of hydrogen-bond acceptors (Lipinski definition) is 3. The average molecular weight is 379 g/mol. The van der Waals surface area contributed by atoms with Gasteiger partial charge >= 0.3 is 0 Å². The van der Waals surface area contributed by atoms with E-state index >= 15 is 0 Å². The van der Waals surface area contributed by atoms with Crippen molar-refractivity contribution < 1.29 is 14.6 Å². The Morgan fingerprint density at radius 3 is 2.15 bits per heavy atom. The summed E-state index contributed by atoms with van der Waals surface area (Å²) < 4.78 is 12.2. The molecule has 0 aliphatic heterocycles. The minimum atomic E-state index is -0.234. The van der Waals surface area contributed by atoms with Gasteiger partial charge in [-0.3, -0.25) is 0 Å². The molecule has 3 nitrogen and oxygen atoms in total. The van der Waals surface area contributed by atoms with E-state index in [0.717, 1.165) is 32.3 Å². The molecule has 0 unspecified atom stereocenters. The smallest absolute Gasteiger partial charge is 0.0813 e. The zero-order valence-corrected chi connectivity index (χ0v) is 18.1. The van der Waals surface area contributed by atoms with Crippen molar-refractivity contribution in [2.45, 2.75) is 103 Å². The van der Waals surface area contributed by atoms with Crippen LogP contribution in [0.1, 0.15) is 84.6 Å². The predicted octanol–water partition coefficient (Wildman–Crippen LogP) is 5.93. The Bertz CT molecular complexity index is 452. The van der Waals surface area contributed by atoms with Gasteiger partial charge < -0.3 is 14.6 Å². The summed E-state index contributed by atoms with van der Waals surface area (Å²) in [6.45, 7) is 9.24. The van der Waals surface area contributed by atoms with Crippen LogP contribution in [0.3, 0.4) is 0 Å². The first-order valence-electron chi connectivity index (χ1n) is 10.9. The van der Waals surface area contributed by atoms with Crippen molar-refractivity contribution in [3.63, 3.8) is 0 Å². The second kappa shape index (κ2) is 14.1. The molecule has 0 aromatic heterocycles. The van der Waals surface area contributed by atoms with Crippen LogP contribution in [0.2, 0.25) is 0 Å². The summed E-state index contributed by atoms with van der Waals surface area (Å²) in [5, 5.41) is 9.64. The van der Waals surface area contributed by atoms with Crippen molar-refractivity contribution in [1.29, 1.82) is 0 Å². The van der Waals surface area contributed by atoms with Crippen LogP contribution in [0.4, 0.5) is 0 Å². The summed E-state index contributed by atoms with van der Waals surface area (Å²) in [6, 6.07) is 10.5. The Kier molecular flexibility index (Phi) is 12.6. The number of aliphatic hydroxyl groups is 1. The Labute approximate surface area is 167 Å². The quantitative estimate of drug-likeness (QED) is 0.384. The van der Waals surface area contributed by atoms with Gasteiger partial charge in [-0.2, -0.15) is 0 Å². The lowest BCUT2D eigenvalue weighted by Gasteiger charge is -2.28. The molecule has 0 amide bonds. The standard InChI is InChI=1S/C24H42O3/c1-5-6-7-8-9-13-18-26-22(19-21-14-11-10-12-15-21)16-17-23(20-25)27-24(2,3)4/h10-12,14-15,22-23,25H,5-9,13,16-20H2,1-4H3/t22-,23-/m1/s1. The fourth-order valence-electron chi connectivity index (χ4n) is 3.31. The molecule has 1 rings (SSSR count). The minimum Gasteiger partial charge on any atom is -0.394 e. The van der Waals surface area contributed by atoms with Gasteiger partial charge in [0.05, 0.1) is 24.4 Å². The van der Waals surface area contributed by atoms with Crippen LogP contribution < -0.4 is 0 Å². The van der Waals surface area contributed by atoms with Gasteiger partial charge in [0.2, 0.25) is 0 Å². The van der Waals surface area contributed by atoms with Crippen LogP contribution in [0.5, 0.6) is 0 Å². The van der Waals surface area contributed by atoms with E-state index in [1.807, 2.05) is 20.8 Å². The molecule has 0 spiro atoms. The van der Waals surface area contributed by atoms with Gasteiger partial charge in [0.15, 0.2) is 0 Å². The maximum Gasteiger partial charge on any atom is 0.0813 e. The molecule has 156 valence electrons. The molecule has 0 saturated heterocycles. The van der Waals surface area contributed by atoms with Crippen LogP contribution >= 0.6 is 0 Å². The molecule has 1 aromatic rings. The molecule has 0 saturated carbocycles. The topological polar surface area (TPSA) is 38.7 Å². The van der Waals surface area contributed by atoms with E-state index in [1.165, 1.54) is 37.7 Å². The molecule has 0 bridgehead atoms. The monoisotopic (exact) mass is 378 g/mol. The number of unbranched alkanes of at least 4 members (excludes halogenated alkanes) is 5. The number of aliphatic hydroxyl groups excluding tert-OH is 1. The van der Waals surface area contributed by atoms with Crippen LogP contribution in [0.25, 0.3) is 0 Å². The summed E-state index contributed by atoms with van der Waals surface area (Å²) in [6.07, 6.45) is 10.4. The number of hydrogen-bond donors (Lipinski definition) is 1. The van der Waals surface area contributed by atoms with Crippen molar-refractivity contribution in [2.24, 2.45) is 0 Å². The van der Waals surface area contributed by atoms with Gasteiger partial charge in [-0.15, -0.1) is 0 Å². The maximum atomic E-state index is 9.64. The number of rotatable bonds is 15. The third-order valence-electron chi connectivity index (χ3n) is 4.69. The SMILES string of the molecule is CCCCCCCCO[C@H](CC[C@H](CO)OC(C)(C)C)Cc1ccccc1. The summed E-state index contributed by atoms with van der Waals surface area (Å²) in [5.74, 6) is 0. The fourth-order valence-corrected chi connectivity index (χ4v) is 3.31. The largest absolute Gasteiger partial charge is 0.394 e. The van der Waals surface area contributed by atoms with Gasteiger partial charge in [0.25, 0.3) is 0 Å². The summed E-state index contributed by atoms with van der Waals surface area (Å²) in [4.78, 5) is 0. The van der Waals surface area contributed by atoms with Crippen LogP contribution in [-0.2, 0) is 15.9 Å². The first kappa shape index (κ1) is 24.1. The van der Waals surface area contributed by atoms with Crippen molar-refractivity contribution in [2.75, 3.05) is 13.2 Å². The normalized spacial score (nSPS) is 14.3. The Morgan fingerprint density at radius 2 is 1.52 bits per heavy atom. The zero-order valence-electron chi connectivity index (χ0n) is 18.1. The molecule has 0 aliphatic rings. The van der Waals surface area contributed by atoms with E-state index in [9.17, 15) is 5.11 Å². The van der Waals surface area contributed by atoms with Gasteiger partial charge in [-0.05, 0) is 52.0 Å². The highest BCUT2D eigenvalue weighted by Gasteiger charge is 2.20. The van der Waals surface area contributed by atoms with E-state index in [-0.39, 0.29) is 24.4 Å². The molecule has 1 N–H and O–H groups in total. The lowest BCUT2D eigenvalue weighted by molar-refractivity contribution is -0.0885. The van der Waals surface area contributed by atoms with E-state index in [2.05, 4.69) is 37.3 Å². The maximum absolute atomic E-state index is 9.64. The van der Waals surface area contributed by atoms with Crippen molar-refractivity contribution in [1.82, 2.24) is 0 Å². The fraction of sp³-hybridized carbons (Fsp3) is 0.750. The third-order valence-corrected chi connectivity index (χ3v) is 4.69. The minimum absolute atomic E-state index is 0.0623. The van der Waals surface area contributed by atoms with Crippen LogP contribution in [0, 0.1) is 0 Å². The second-order valence-electron chi connectivity index (χ2n) is 8.56. The average Bonchev–Trinajstić information content (AvgIpc) is 2.63. The number of benzene rings is 1. The molecule has 27 heavy (non-hydrogen) atoms. The van der Waals surface area contributed by atoms with Crippen molar-refractivity contribution >= 4 is 0 Å². The van der Waals surface area contributed by atoms with Crippen molar-refractivity contribution in [3.8, 4) is 0 Å². The first-order valence-corrected chi connectivity index (χ1v) is 10.9. The zero-order chi connectivity index (χ0) is 20.0. The molecule has 0 aliphatic carbocycles. The lowest BCUT2D eigenvalue weighted by atomic mass is 10.0. The molecule has 0 heterocycles. The predicted molar refractivity (Wildman–Crippen MR) is 114 cm³/mol. The molecule has 2 atom stereocenters. The van der Waals surface area contributed by atoms with E-state index in [0.29, 0.717) is 0 Å². The highest BCUT2D eigenvalue weighted by atomic mass is 16.5. The molecular formula is C24H42O3. The Morgan fingerprint density at radius 1 is 0.889 bits per heavy atom. The van der Waals surface area contributed by atoms with Crippen LogP contribution in [0.15, 0.2) is 30.3 Å². The third kappa shape index (κ3) is 13.0. The summed E-state index contributed by atoms with van der Waals surface area (Å²) in [7, 11) is 0. The summed E-state index contributed by atoms with van der Waals surface area (Å²) in [5.41, 5.74) is 1.07. The summed E-state index contributed by atoms with van der Waals surface area (Å²) >= 11 is 0. The van der Waals surface area contributed by atoms with E-state index < -0.39 is 0 Å². The van der Waals surface area contributed by atoms with E-state index in [1.54, 1.807) is 0 Å². The van der Waals surface area contributed by atoms with Crippen molar-refractivity contribution in [3.05, 3.63) is 35.9 Å². The Hall–Kier alpha value is -0.900. The molecule has 3 heteroatoms.